The molecule has 0 aliphatic rings. The Balaban J connectivity index is 2.66. The van der Waals surface area contributed by atoms with Crippen LogP contribution in [0.3, 0.4) is 0 Å². The predicted molar refractivity (Wildman–Crippen MR) is 51.7 cm³/mol. The minimum atomic E-state index is -1.15. The highest BCUT2D eigenvalue weighted by Crippen LogP contribution is 2.14. The maximum atomic E-state index is 10.8. The van der Waals surface area contributed by atoms with Crippen molar-refractivity contribution in [3.05, 3.63) is 18.1 Å². The molecule has 0 aliphatic carbocycles. The first-order valence-electron chi connectivity index (χ1n) is 3.88. The fraction of sp³-hybridized carbons (Fsp3) is 0.250. The van der Waals surface area contributed by atoms with Gasteiger partial charge in [0.2, 0.25) is 0 Å². The second-order valence-electron chi connectivity index (χ2n) is 2.41. The van der Waals surface area contributed by atoms with E-state index in [1.165, 1.54) is 13.3 Å². The lowest BCUT2D eigenvalue weighted by atomic mass is 10.5. The molecule has 0 aromatic carbocycles. The topological polar surface area (TPSA) is 89.4 Å². The first-order valence-corrected chi connectivity index (χ1v) is 4.87. The van der Waals surface area contributed by atoms with Gasteiger partial charge < -0.3 is 9.84 Å². The van der Waals surface area contributed by atoms with Gasteiger partial charge in [0.25, 0.3) is 0 Å². The van der Waals surface area contributed by atoms with Crippen LogP contribution in [-0.2, 0) is 9.53 Å². The van der Waals surface area contributed by atoms with E-state index >= 15 is 0 Å². The fourth-order valence-corrected chi connectivity index (χ4v) is 1.39. The minimum Gasteiger partial charge on any atom is -0.476 e. The van der Waals surface area contributed by atoms with Crippen LogP contribution < -0.4 is 0 Å². The van der Waals surface area contributed by atoms with Crippen LogP contribution in [0.4, 0.5) is 0 Å². The van der Waals surface area contributed by atoms with Gasteiger partial charge in [-0.3, -0.25) is 9.78 Å². The average molecular weight is 228 g/mol. The van der Waals surface area contributed by atoms with Crippen molar-refractivity contribution >= 4 is 23.7 Å². The van der Waals surface area contributed by atoms with Crippen LogP contribution in [0.15, 0.2) is 17.4 Å². The summed E-state index contributed by atoms with van der Waals surface area (Å²) in [4.78, 5) is 28.8. The molecule has 0 atom stereocenters. The number of methoxy groups -OCH3 is 1. The molecule has 1 aromatic rings. The molecular weight excluding hydrogens is 220 g/mol. The van der Waals surface area contributed by atoms with Gasteiger partial charge in [0, 0.05) is 0 Å². The second kappa shape index (κ2) is 5.30. The van der Waals surface area contributed by atoms with Gasteiger partial charge in [0.05, 0.1) is 25.3 Å². The number of nitrogens with zero attached hydrogens (tertiary/aromatic N) is 2. The number of carboxylic acid groups (broad SMARTS) is 1. The SMILES string of the molecule is COC(=O)CSc1cncc(C(=O)O)n1. The van der Waals surface area contributed by atoms with Crippen LogP contribution in [0.5, 0.6) is 0 Å². The monoisotopic (exact) mass is 228 g/mol. The van der Waals surface area contributed by atoms with Crippen molar-refractivity contribution < 1.29 is 19.4 Å². The van der Waals surface area contributed by atoms with Crippen molar-refractivity contribution in [1.82, 2.24) is 9.97 Å². The Morgan fingerprint density at radius 2 is 2.27 bits per heavy atom. The molecule has 0 bridgehead atoms. The first kappa shape index (κ1) is 11.4. The Kier molecular flexibility index (Phi) is 4.04. The van der Waals surface area contributed by atoms with Crippen molar-refractivity contribution in [2.24, 2.45) is 0 Å². The second-order valence-corrected chi connectivity index (χ2v) is 3.41. The molecule has 15 heavy (non-hydrogen) atoms. The van der Waals surface area contributed by atoms with Crippen molar-refractivity contribution in [2.45, 2.75) is 5.03 Å². The molecule has 1 heterocycles. The largest absolute Gasteiger partial charge is 0.476 e. The van der Waals surface area contributed by atoms with E-state index in [1.807, 2.05) is 0 Å². The number of hydrogen-bond donors (Lipinski definition) is 1. The summed E-state index contributed by atoms with van der Waals surface area (Å²) in [7, 11) is 1.28. The van der Waals surface area contributed by atoms with Crippen LogP contribution in [0.1, 0.15) is 10.5 Å². The number of esters is 1. The third kappa shape index (κ3) is 3.55. The van der Waals surface area contributed by atoms with Crippen LogP contribution in [0, 0.1) is 0 Å². The maximum Gasteiger partial charge on any atom is 0.356 e. The number of carbonyl (C=O) groups excluding carboxylic acids is 1. The smallest absolute Gasteiger partial charge is 0.356 e. The lowest BCUT2D eigenvalue weighted by Gasteiger charge is -1.99. The van der Waals surface area contributed by atoms with Gasteiger partial charge in [-0.25, -0.2) is 9.78 Å². The summed E-state index contributed by atoms with van der Waals surface area (Å²) < 4.78 is 4.43. The van der Waals surface area contributed by atoms with Crippen LogP contribution in [-0.4, -0.2) is 39.9 Å². The highest BCUT2D eigenvalue weighted by Gasteiger charge is 2.08. The van der Waals surface area contributed by atoms with Crippen LogP contribution in [0.25, 0.3) is 0 Å². The molecule has 0 aliphatic heterocycles. The van der Waals surface area contributed by atoms with E-state index in [0.717, 1.165) is 18.0 Å². The van der Waals surface area contributed by atoms with Crippen molar-refractivity contribution in [3.8, 4) is 0 Å². The highest BCUT2D eigenvalue weighted by atomic mass is 32.2. The Bertz CT molecular complexity index is 383. The Labute approximate surface area is 89.7 Å². The molecule has 80 valence electrons. The zero-order valence-corrected chi connectivity index (χ0v) is 8.65. The van der Waals surface area contributed by atoms with Crippen molar-refractivity contribution in [3.63, 3.8) is 0 Å². The summed E-state index contributed by atoms with van der Waals surface area (Å²) >= 11 is 1.07. The third-order valence-electron chi connectivity index (χ3n) is 1.40. The summed E-state index contributed by atoms with van der Waals surface area (Å²) in [6, 6.07) is 0. The van der Waals surface area contributed by atoms with E-state index < -0.39 is 11.9 Å². The van der Waals surface area contributed by atoms with E-state index in [1.54, 1.807) is 0 Å². The highest BCUT2D eigenvalue weighted by molar-refractivity contribution is 7.99. The molecule has 0 radical (unpaired) electrons. The zero-order chi connectivity index (χ0) is 11.3. The summed E-state index contributed by atoms with van der Waals surface area (Å²) in [6.45, 7) is 0. The molecular formula is C8H8N2O4S. The number of aromatic carboxylic acids is 1. The number of rotatable bonds is 4. The molecule has 0 spiro atoms. The van der Waals surface area contributed by atoms with Gasteiger partial charge in [-0.05, 0) is 0 Å². The van der Waals surface area contributed by atoms with Gasteiger partial charge in [-0.1, -0.05) is 11.8 Å². The fourth-order valence-electron chi connectivity index (χ4n) is 0.712. The van der Waals surface area contributed by atoms with Gasteiger partial charge >= 0.3 is 11.9 Å². The number of carbonyl (C=O) groups is 2. The number of hydrogen-bond acceptors (Lipinski definition) is 6. The summed E-state index contributed by atoms with van der Waals surface area (Å²) in [5.74, 6) is -1.47. The van der Waals surface area contributed by atoms with Crippen molar-refractivity contribution in [2.75, 3.05) is 12.9 Å². The summed E-state index contributed by atoms with van der Waals surface area (Å²) in [6.07, 6.45) is 2.53. The lowest BCUT2D eigenvalue weighted by Crippen LogP contribution is -2.05. The standard InChI is InChI=1S/C8H8N2O4S/c1-14-7(11)4-15-6-3-9-2-5(10-6)8(12)13/h2-3H,4H2,1H3,(H,12,13). The number of ether oxygens (including phenoxy) is 1. The van der Waals surface area contributed by atoms with Gasteiger partial charge in [0.1, 0.15) is 5.03 Å². The molecule has 6 nitrogen and oxygen atoms in total. The number of carboxylic acids is 1. The van der Waals surface area contributed by atoms with Gasteiger partial charge in [-0.2, -0.15) is 0 Å². The van der Waals surface area contributed by atoms with E-state index in [9.17, 15) is 9.59 Å². The molecule has 1 rings (SSSR count). The van der Waals surface area contributed by atoms with E-state index in [4.69, 9.17) is 5.11 Å². The predicted octanol–water partition coefficient (Wildman–Crippen LogP) is 0.440. The van der Waals surface area contributed by atoms with E-state index in [0.29, 0.717) is 5.03 Å². The molecule has 7 heteroatoms. The molecule has 1 N–H and O–H groups in total. The summed E-state index contributed by atoms with van der Waals surface area (Å²) in [5, 5.41) is 9.00. The Hall–Kier alpha value is -1.63. The Morgan fingerprint density at radius 1 is 1.53 bits per heavy atom. The lowest BCUT2D eigenvalue weighted by molar-refractivity contribution is -0.137. The number of thioether (sulfide) groups is 1. The number of aromatic nitrogens is 2. The average Bonchev–Trinajstić information content (AvgIpc) is 2.26. The summed E-state index contributed by atoms with van der Waals surface area (Å²) in [5.41, 5.74) is -0.148. The van der Waals surface area contributed by atoms with Gasteiger partial charge in [0.15, 0.2) is 5.69 Å². The molecule has 0 fully saturated rings. The maximum absolute atomic E-state index is 10.8. The third-order valence-corrected chi connectivity index (χ3v) is 2.27. The molecule has 0 saturated carbocycles. The van der Waals surface area contributed by atoms with Crippen molar-refractivity contribution in [1.29, 1.82) is 0 Å². The molecule has 0 amide bonds. The first-order chi connectivity index (χ1) is 7.13. The van der Waals surface area contributed by atoms with Crippen LogP contribution >= 0.6 is 11.8 Å². The minimum absolute atomic E-state index is 0.0776. The molecule has 0 unspecified atom stereocenters. The molecule has 0 saturated heterocycles. The van der Waals surface area contributed by atoms with E-state index in [-0.39, 0.29) is 11.4 Å². The quantitative estimate of drug-likeness (QED) is 0.590. The van der Waals surface area contributed by atoms with Gasteiger partial charge in [-0.15, -0.1) is 0 Å². The zero-order valence-electron chi connectivity index (χ0n) is 7.84. The Morgan fingerprint density at radius 3 is 2.87 bits per heavy atom. The molecule has 1 aromatic heterocycles. The van der Waals surface area contributed by atoms with E-state index in [2.05, 4.69) is 14.7 Å². The normalized spacial score (nSPS) is 9.67. The van der Waals surface area contributed by atoms with Crippen LogP contribution in [0.2, 0.25) is 0 Å².